The highest BCUT2D eigenvalue weighted by Crippen LogP contribution is 2.39. The molecule has 8 heteroatoms. The van der Waals surface area contributed by atoms with Crippen LogP contribution in [0.5, 0.6) is 5.75 Å². The third kappa shape index (κ3) is 4.32. The lowest BCUT2D eigenvalue weighted by atomic mass is 9.95. The maximum atomic E-state index is 14.7. The molecule has 1 atom stereocenters. The lowest BCUT2D eigenvalue weighted by Crippen LogP contribution is -2.42. The first-order valence-electron chi connectivity index (χ1n) is 11.9. The van der Waals surface area contributed by atoms with Crippen molar-refractivity contribution in [3.63, 3.8) is 0 Å². The smallest absolute Gasteiger partial charge is 0.165 e. The highest BCUT2D eigenvalue weighted by atomic mass is 19.1. The van der Waals surface area contributed by atoms with Gasteiger partial charge in [0, 0.05) is 48.4 Å². The molecule has 0 aliphatic carbocycles. The van der Waals surface area contributed by atoms with E-state index in [1.54, 1.807) is 24.4 Å². The largest absolute Gasteiger partial charge is 0.494 e. The normalized spacial score (nSPS) is 16.3. The monoisotopic (exact) mass is 487 g/mol. The van der Waals surface area contributed by atoms with E-state index < -0.39 is 11.6 Å². The number of likely N-dealkylation sites (tertiary alicyclic amines) is 1. The number of nitrogens with zero attached hydrogens (tertiary/aromatic N) is 4. The molecule has 0 spiro atoms. The van der Waals surface area contributed by atoms with Crippen LogP contribution >= 0.6 is 0 Å². The number of halogens is 2. The van der Waals surface area contributed by atoms with Crippen molar-refractivity contribution >= 4 is 10.9 Å². The van der Waals surface area contributed by atoms with Crippen molar-refractivity contribution in [1.82, 2.24) is 14.5 Å². The van der Waals surface area contributed by atoms with Gasteiger partial charge < -0.3 is 15.0 Å². The van der Waals surface area contributed by atoms with Crippen LogP contribution in [0.25, 0.3) is 33.3 Å². The summed E-state index contributed by atoms with van der Waals surface area (Å²) < 4.78 is 36.5. The zero-order valence-electron chi connectivity index (χ0n) is 20.3. The fourth-order valence-corrected chi connectivity index (χ4v) is 5.05. The number of hydrogen-bond acceptors (Lipinski definition) is 5. The molecular formula is C28H27F2N5O. The Labute approximate surface area is 208 Å². The summed E-state index contributed by atoms with van der Waals surface area (Å²) in [5.74, 6) is -0.992. The lowest BCUT2D eigenvalue weighted by Gasteiger charge is -2.30. The van der Waals surface area contributed by atoms with Crippen LogP contribution in [0.1, 0.15) is 24.1 Å². The second kappa shape index (κ2) is 9.69. The summed E-state index contributed by atoms with van der Waals surface area (Å²) >= 11 is 0. The molecule has 0 bridgehead atoms. The minimum atomic E-state index is -0.614. The van der Waals surface area contributed by atoms with Gasteiger partial charge in [0.05, 0.1) is 30.1 Å². The van der Waals surface area contributed by atoms with Gasteiger partial charge in [0.25, 0.3) is 0 Å². The van der Waals surface area contributed by atoms with Crippen LogP contribution in [0.3, 0.4) is 0 Å². The van der Waals surface area contributed by atoms with Gasteiger partial charge in [0.2, 0.25) is 0 Å². The molecule has 2 aromatic heterocycles. The first-order valence-corrected chi connectivity index (χ1v) is 11.9. The molecular weight excluding hydrogens is 460 g/mol. The predicted octanol–water partition coefficient (Wildman–Crippen LogP) is 4.99. The summed E-state index contributed by atoms with van der Waals surface area (Å²) in [5, 5.41) is 10.1. The summed E-state index contributed by atoms with van der Waals surface area (Å²) in [7, 11) is 3.40. The third-order valence-electron chi connectivity index (χ3n) is 6.93. The molecule has 6 nitrogen and oxygen atoms in total. The zero-order chi connectivity index (χ0) is 25.4. The maximum Gasteiger partial charge on any atom is 0.165 e. The Bertz CT molecular complexity index is 1490. The summed E-state index contributed by atoms with van der Waals surface area (Å²) in [4.78, 5) is 7.05. The molecule has 4 aromatic rings. The standard InChI is InChI=1S/C28H27F2N5O/c1-34-21(16-35-9-3-4-20(32)15-35)12-22-25(34)14-33-28(18-7-8-26(36-2)24(30)11-18)27(22)17-5-6-19(13-31)23(29)10-17/h5-8,10-12,14,20H,3-4,9,15-16,32H2,1-2H3/t20-/m0/s1. The molecule has 0 saturated carbocycles. The van der Waals surface area contributed by atoms with Crippen molar-refractivity contribution < 1.29 is 13.5 Å². The zero-order valence-corrected chi connectivity index (χ0v) is 20.3. The van der Waals surface area contributed by atoms with Crippen LogP contribution in [-0.2, 0) is 13.6 Å². The van der Waals surface area contributed by atoms with E-state index >= 15 is 0 Å². The van der Waals surface area contributed by atoms with Crippen LogP contribution < -0.4 is 10.5 Å². The number of aromatic nitrogens is 2. The fraction of sp³-hybridized carbons (Fsp3) is 0.286. The van der Waals surface area contributed by atoms with E-state index in [-0.39, 0.29) is 17.4 Å². The van der Waals surface area contributed by atoms with Crippen molar-refractivity contribution in [2.75, 3.05) is 20.2 Å². The Morgan fingerprint density at radius 3 is 2.61 bits per heavy atom. The Kier molecular flexibility index (Phi) is 6.44. The Morgan fingerprint density at radius 2 is 1.92 bits per heavy atom. The lowest BCUT2D eigenvalue weighted by molar-refractivity contribution is 0.198. The number of nitriles is 1. The van der Waals surface area contributed by atoms with Crippen LogP contribution in [-0.4, -0.2) is 40.7 Å². The summed E-state index contributed by atoms with van der Waals surface area (Å²) in [6.07, 6.45) is 3.86. The van der Waals surface area contributed by atoms with Gasteiger partial charge in [-0.05, 0) is 61.3 Å². The van der Waals surface area contributed by atoms with Crippen LogP contribution in [0.2, 0.25) is 0 Å². The van der Waals surface area contributed by atoms with Gasteiger partial charge >= 0.3 is 0 Å². The highest BCUT2D eigenvalue weighted by Gasteiger charge is 2.22. The SMILES string of the molecule is COc1ccc(-c2ncc3c(cc(CN4CCC[C@H](N)C4)n3C)c2-c2ccc(C#N)c(F)c2)cc1F. The van der Waals surface area contributed by atoms with E-state index in [2.05, 4.69) is 15.5 Å². The van der Waals surface area contributed by atoms with Crippen LogP contribution in [0.4, 0.5) is 8.78 Å². The molecule has 0 amide bonds. The van der Waals surface area contributed by atoms with E-state index in [0.717, 1.165) is 49.1 Å². The number of fused-ring (bicyclic) bond motifs is 1. The second-order valence-electron chi connectivity index (χ2n) is 9.27. The fourth-order valence-electron chi connectivity index (χ4n) is 5.05. The molecule has 36 heavy (non-hydrogen) atoms. The van der Waals surface area contributed by atoms with E-state index in [1.807, 2.05) is 13.1 Å². The van der Waals surface area contributed by atoms with E-state index in [9.17, 15) is 14.0 Å². The number of nitrogens with two attached hydrogens (primary N) is 1. The second-order valence-corrected chi connectivity index (χ2v) is 9.27. The number of methoxy groups -OCH3 is 1. The number of piperidine rings is 1. The minimum Gasteiger partial charge on any atom is -0.494 e. The number of pyridine rings is 1. The molecule has 0 radical (unpaired) electrons. The molecule has 1 fully saturated rings. The van der Waals surface area contributed by atoms with Gasteiger partial charge in [-0.1, -0.05) is 6.07 Å². The molecule has 184 valence electrons. The number of hydrogen-bond donors (Lipinski definition) is 1. The molecule has 2 aromatic carbocycles. The predicted molar refractivity (Wildman–Crippen MR) is 135 cm³/mol. The van der Waals surface area contributed by atoms with Gasteiger partial charge in [0.15, 0.2) is 11.6 Å². The highest BCUT2D eigenvalue weighted by molar-refractivity contribution is 6.02. The molecule has 3 heterocycles. The first kappa shape index (κ1) is 23.9. The Morgan fingerprint density at radius 1 is 1.14 bits per heavy atom. The van der Waals surface area contributed by atoms with Crippen molar-refractivity contribution in [3.05, 3.63) is 71.6 Å². The number of rotatable bonds is 5. The quantitative estimate of drug-likeness (QED) is 0.429. The van der Waals surface area contributed by atoms with Gasteiger partial charge in [-0.15, -0.1) is 0 Å². The molecule has 1 saturated heterocycles. The maximum absolute atomic E-state index is 14.7. The summed E-state index contributed by atoms with van der Waals surface area (Å²) in [5.41, 5.74) is 10.4. The van der Waals surface area contributed by atoms with Crippen molar-refractivity contribution in [2.24, 2.45) is 12.8 Å². The number of aryl methyl sites for hydroxylation is 1. The van der Waals surface area contributed by atoms with Gasteiger partial charge in [-0.25, -0.2) is 8.78 Å². The summed E-state index contributed by atoms with van der Waals surface area (Å²) in [6, 6.07) is 13.3. The van der Waals surface area contributed by atoms with Crippen LogP contribution in [0, 0.1) is 23.0 Å². The van der Waals surface area contributed by atoms with E-state index in [1.165, 1.54) is 25.3 Å². The minimum absolute atomic E-state index is 0.0360. The average molecular weight is 488 g/mol. The Balaban J connectivity index is 1.70. The van der Waals surface area contributed by atoms with Crippen LogP contribution in [0.15, 0.2) is 48.7 Å². The molecule has 1 aliphatic rings. The molecule has 2 N–H and O–H groups in total. The molecule has 5 rings (SSSR count). The van der Waals surface area contributed by atoms with Crippen molar-refractivity contribution in [3.8, 4) is 34.2 Å². The van der Waals surface area contributed by atoms with Gasteiger partial charge in [-0.3, -0.25) is 9.88 Å². The van der Waals surface area contributed by atoms with E-state index in [0.29, 0.717) is 22.4 Å². The van der Waals surface area contributed by atoms with Crippen molar-refractivity contribution in [1.29, 1.82) is 5.26 Å². The molecule has 0 unspecified atom stereocenters. The molecule has 1 aliphatic heterocycles. The van der Waals surface area contributed by atoms with Gasteiger partial charge in [-0.2, -0.15) is 5.26 Å². The summed E-state index contributed by atoms with van der Waals surface area (Å²) in [6.45, 7) is 2.55. The van der Waals surface area contributed by atoms with Crippen molar-refractivity contribution in [2.45, 2.75) is 25.4 Å². The number of benzene rings is 2. The topological polar surface area (TPSA) is 80.1 Å². The number of ether oxygens (including phenoxy) is 1. The van der Waals surface area contributed by atoms with Gasteiger partial charge in [0.1, 0.15) is 11.9 Å². The first-order chi connectivity index (χ1) is 17.4. The Hall–Kier alpha value is -3.80. The van der Waals surface area contributed by atoms with E-state index in [4.69, 9.17) is 15.5 Å². The average Bonchev–Trinajstić information content (AvgIpc) is 3.18. The third-order valence-corrected chi connectivity index (χ3v) is 6.93.